The topological polar surface area (TPSA) is 85.8 Å². The van der Waals surface area contributed by atoms with Crippen LogP contribution >= 0.6 is 0 Å². The molecule has 0 fully saturated rings. The summed E-state index contributed by atoms with van der Waals surface area (Å²) in [6.45, 7) is 14.2. The fourth-order valence-corrected chi connectivity index (χ4v) is 3.29. The molecule has 1 aromatic carbocycles. The second-order valence-corrected chi connectivity index (χ2v) is 9.09. The Morgan fingerprint density at radius 1 is 1.06 bits per heavy atom. The first-order chi connectivity index (χ1) is 16.3. The number of benzene rings is 1. The highest BCUT2D eigenvalue weighted by Crippen LogP contribution is 2.18. The minimum atomic E-state index is -0.412. The van der Waals surface area contributed by atoms with E-state index in [1.165, 1.54) is 11.0 Å². The van der Waals surface area contributed by atoms with Gasteiger partial charge in [0, 0.05) is 29.7 Å². The Hall–Kier alpha value is -3.32. The van der Waals surface area contributed by atoms with Gasteiger partial charge in [-0.15, -0.1) is 0 Å². The number of fused-ring (bicyclic) bond motifs is 1. The van der Waals surface area contributed by atoms with E-state index in [9.17, 15) is 4.79 Å². The summed E-state index contributed by atoms with van der Waals surface area (Å²) in [6.07, 6.45) is 4.85. The van der Waals surface area contributed by atoms with Crippen molar-refractivity contribution in [2.24, 2.45) is 5.92 Å². The maximum absolute atomic E-state index is 12.2. The molecule has 3 heterocycles. The number of oxazole rings is 1. The monoisotopic (exact) mass is 461 g/mol. The highest BCUT2D eigenvalue weighted by atomic mass is 16.4. The molecule has 0 spiro atoms. The molecule has 34 heavy (non-hydrogen) atoms. The second-order valence-electron chi connectivity index (χ2n) is 9.09. The molecule has 1 N–H and O–H groups in total. The molecular formula is C27H35N5O2. The van der Waals surface area contributed by atoms with E-state index in [0.29, 0.717) is 29.6 Å². The van der Waals surface area contributed by atoms with Gasteiger partial charge in [0.05, 0.1) is 6.54 Å². The van der Waals surface area contributed by atoms with Gasteiger partial charge in [0.2, 0.25) is 0 Å². The van der Waals surface area contributed by atoms with Crippen LogP contribution in [-0.4, -0.2) is 32.1 Å². The van der Waals surface area contributed by atoms with Gasteiger partial charge in [-0.05, 0) is 55.6 Å². The van der Waals surface area contributed by atoms with Crippen molar-refractivity contribution in [2.45, 2.75) is 60.5 Å². The molecule has 0 saturated heterocycles. The lowest BCUT2D eigenvalue weighted by molar-refractivity contribution is 0.468. The second kappa shape index (κ2) is 11.7. The number of hydrogen-bond acceptors (Lipinski definition) is 6. The van der Waals surface area contributed by atoms with Crippen molar-refractivity contribution in [1.29, 1.82) is 0 Å². The van der Waals surface area contributed by atoms with Crippen LogP contribution in [0.2, 0.25) is 0 Å². The van der Waals surface area contributed by atoms with Crippen molar-refractivity contribution in [1.82, 2.24) is 24.8 Å². The largest absolute Gasteiger partial charge is 0.421 e. The lowest BCUT2D eigenvalue weighted by Crippen LogP contribution is -2.27. The summed E-state index contributed by atoms with van der Waals surface area (Å²) in [4.78, 5) is 25.3. The minimum Gasteiger partial charge on any atom is -0.406 e. The average Bonchev–Trinajstić information content (AvgIpc) is 3.12. The smallest absolute Gasteiger partial charge is 0.406 e. The van der Waals surface area contributed by atoms with E-state index < -0.39 is 5.76 Å². The SMILES string of the molecule is CCC(C)CNC(C)C.Cc1cnc(-c2cccc(Cn3c(=O)oc4ccc(C)nc43)c2)nc1. The Morgan fingerprint density at radius 2 is 1.79 bits per heavy atom. The van der Waals surface area contributed by atoms with Gasteiger partial charge in [0.25, 0.3) is 0 Å². The quantitative estimate of drug-likeness (QED) is 0.410. The fraction of sp³-hybridized carbons (Fsp3) is 0.407. The van der Waals surface area contributed by atoms with Crippen LogP contribution in [0.25, 0.3) is 22.6 Å². The molecule has 1 atom stereocenters. The van der Waals surface area contributed by atoms with Gasteiger partial charge in [-0.25, -0.2) is 19.7 Å². The minimum absolute atomic E-state index is 0.377. The molecule has 7 heteroatoms. The number of rotatable bonds is 7. The molecule has 180 valence electrons. The lowest BCUT2D eigenvalue weighted by atomic mass is 10.1. The van der Waals surface area contributed by atoms with Gasteiger partial charge >= 0.3 is 5.76 Å². The normalized spacial score (nSPS) is 12.0. The van der Waals surface area contributed by atoms with Gasteiger partial charge < -0.3 is 9.73 Å². The van der Waals surface area contributed by atoms with Crippen LogP contribution in [0.1, 0.15) is 50.9 Å². The fourth-order valence-electron chi connectivity index (χ4n) is 3.29. The van der Waals surface area contributed by atoms with E-state index >= 15 is 0 Å². The van der Waals surface area contributed by atoms with Crippen molar-refractivity contribution in [3.8, 4) is 11.4 Å². The zero-order chi connectivity index (χ0) is 24.7. The van der Waals surface area contributed by atoms with Gasteiger partial charge in [-0.3, -0.25) is 4.57 Å². The Labute approximate surface area is 201 Å². The predicted molar refractivity (Wildman–Crippen MR) is 137 cm³/mol. The standard InChI is InChI=1S/C19H16N4O2.C8H19N/c1-12-9-20-17(21-10-12)15-5-3-4-14(8-15)11-23-18-16(25-19(23)24)7-6-13(2)22-18;1-5-8(4)6-9-7(2)3/h3-10H,11H2,1-2H3;7-9H,5-6H2,1-4H3. The Balaban J connectivity index is 0.000000309. The molecule has 4 aromatic rings. The van der Waals surface area contributed by atoms with Crippen LogP contribution in [0.4, 0.5) is 0 Å². The number of pyridine rings is 1. The van der Waals surface area contributed by atoms with Crippen molar-refractivity contribution in [2.75, 3.05) is 6.54 Å². The first kappa shape index (κ1) is 25.3. The summed E-state index contributed by atoms with van der Waals surface area (Å²) >= 11 is 0. The molecule has 0 aliphatic carbocycles. The van der Waals surface area contributed by atoms with Crippen LogP contribution < -0.4 is 11.1 Å². The van der Waals surface area contributed by atoms with Gasteiger partial charge in [0.1, 0.15) is 0 Å². The van der Waals surface area contributed by atoms with E-state index in [-0.39, 0.29) is 0 Å². The van der Waals surface area contributed by atoms with E-state index in [1.54, 1.807) is 18.5 Å². The molecular weight excluding hydrogens is 426 g/mol. The summed E-state index contributed by atoms with van der Waals surface area (Å²) in [5.41, 5.74) is 4.76. The van der Waals surface area contributed by atoms with Crippen molar-refractivity contribution >= 4 is 11.2 Å². The van der Waals surface area contributed by atoms with Gasteiger partial charge in [-0.2, -0.15) is 0 Å². The molecule has 1 unspecified atom stereocenters. The molecule has 0 aliphatic heterocycles. The third-order valence-corrected chi connectivity index (χ3v) is 5.53. The van der Waals surface area contributed by atoms with Gasteiger partial charge in [-0.1, -0.05) is 52.3 Å². The summed E-state index contributed by atoms with van der Waals surface area (Å²) in [5.74, 6) is 1.07. The molecule has 0 saturated carbocycles. The molecule has 0 bridgehead atoms. The molecule has 0 aliphatic rings. The van der Waals surface area contributed by atoms with Crippen LogP contribution in [0, 0.1) is 19.8 Å². The maximum atomic E-state index is 12.2. The zero-order valence-electron chi connectivity index (χ0n) is 21.0. The summed E-state index contributed by atoms with van der Waals surface area (Å²) in [7, 11) is 0. The van der Waals surface area contributed by atoms with Crippen LogP contribution in [-0.2, 0) is 6.54 Å². The summed E-state index contributed by atoms with van der Waals surface area (Å²) in [6, 6.07) is 12.0. The number of aryl methyl sites for hydroxylation is 2. The van der Waals surface area contributed by atoms with Crippen molar-refractivity contribution < 1.29 is 4.42 Å². The average molecular weight is 462 g/mol. The van der Waals surface area contributed by atoms with Crippen LogP contribution in [0.3, 0.4) is 0 Å². The number of nitrogens with one attached hydrogen (secondary N) is 1. The number of aromatic nitrogens is 4. The third-order valence-electron chi connectivity index (χ3n) is 5.53. The zero-order valence-corrected chi connectivity index (χ0v) is 21.0. The predicted octanol–water partition coefficient (Wildman–Crippen LogP) is 5.14. The number of nitrogens with zero attached hydrogens (tertiary/aromatic N) is 4. The Kier molecular flexibility index (Phi) is 8.71. The lowest BCUT2D eigenvalue weighted by Gasteiger charge is -2.11. The summed E-state index contributed by atoms with van der Waals surface area (Å²) < 4.78 is 6.81. The highest BCUT2D eigenvalue weighted by molar-refractivity contribution is 5.68. The molecule has 0 radical (unpaired) electrons. The summed E-state index contributed by atoms with van der Waals surface area (Å²) in [5, 5.41) is 3.40. The van der Waals surface area contributed by atoms with E-state index in [1.807, 2.05) is 44.2 Å². The molecule has 0 amide bonds. The number of hydrogen-bond donors (Lipinski definition) is 1. The Bertz CT molecular complexity index is 1260. The molecule has 3 aromatic heterocycles. The molecule has 4 rings (SSSR count). The first-order valence-corrected chi connectivity index (χ1v) is 11.8. The van der Waals surface area contributed by atoms with E-state index in [0.717, 1.165) is 34.8 Å². The van der Waals surface area contributed by atoms with Crippen LogP contribution in [0.5, 0.6) is 0 Å². The first-order valence-electron chi connectivity index (χ1n) is 11.8. The van der Waals surface area contributed by atoms with E-state index in [4.69, 9.17) is 4.42 Å². The highest BCUT2D eigenvalue weighted by Gasteiger charge is 2.12. The maximum Gasteiger partial charge on any atom is 0.421 e. The van der Waals surface area contributed by atoms with Crippen molar-refractivity contribution in [3.63, 3.8) is 0 Å². The van der Waals surface area contributed by atoms with E-state index in [2.05, 4.69) is 48.0 Å². The van der Waals surface area contributed by atoms with Crippen LogP contribution in [0.15, 0.2) is 58.0 Å². The van der Waals surface area contributed by atoms with Gasteiger partial charge in [0.15, 0.2) is 17.1 Å². The third kappa shape index (κ3) is 6.84. The molecule has 7 nitrogen and oxygen atoms in total. The van der Waals surface area contributed by atoms with Crippen molar-refractivity contribution in [3.05, 3.63) is 76.2 Å². The Morgan fingerprint density at radius 3 is 2.47 bits per heavy atom.